The molecule has 2 aromatic rings. The Balaban J connectivity index is 2.60. The molecule has 0 aliphatic carbocycles. The van der Waals surface area contributed by atoms with Gasteiger partial charge in [0.15, 0.2) is 0 Å². The molecule has 1 heterocycles. The van der Waals surface area contributed by atoms with E-state index in [2.05, 4.69) is 20.9 Å². The van der Waals surface area contributed by atoms with Crippen molar-refractivity contribution in [2.45, 2.75) is 0 Å². The first kappa shape index (κ1) is 10.8. The van der Waals surface area contributed by atoms with Gasteiger partial charge in [0.2, 0.25) is 0 Å². The third kappa shape index (κ3) is 2.09. The first-order chi connectivity index (χ1) is 7.68. The molecular formula is C11H7BrN2O2. The Bertz CT molecular complexity index is 543. The maximum atomic E-state index is 10.9. The molecule has 0 fully saturated rings. The van der Waals surface area contributed by atoms with E-state index in [-0.39, 0.29) is 10.6 Å². The molecule has 0 saturated carbocycles. The fourth-order valence-corrected chi connectivity index (χ4v) is 1.81. The molecule has 1 aromatic heterocycles. The minimum absolute atomic E-state index is 0.0978. The van der Waals surface area contributed by atoms with Crippen molar-refractivity contribution in [1.29, 1.82) is 0 Å². The molecule has 0 radical (unpaired) electrons. The standard InChI is InChI=1S/C11H7BrN2O2/c12-11-7-8(5-6-13-11)9-3-1-2-4-10(9)14(15)16/h1-7H. The predicted molar refractivity (Wildman–Crippen MR) is 64.0 cm³/mol. The van der Waals surface area contributed by atoms with Gasteiger partial charge in [0.05, 0.1) is 10.5 Å². The summed E-state index contributed by atoms with van der Waals surface area (Å²) in [6.07, 6.45) is 1.61. The fraction of sp³-hybridized carbons (Fsp3) is 0. The molecule has 2 rings (SSSR count). The Morgan fingerprint density at radius 2 is 2.00 bits per heavy atom. The highest BCUT2D eigenvalue weighted by Crippen LogP contribution is 2.30. The van der Waals surface area contributed by atoms with Crippen LogP contribution < -0.4 is 0 Å². The van der Waals surface area contributed by atoms with Crippen LogP contribution in [0, 0.1) is 10.1 Å². The number of nitro groups is 1. The highest BCUT2D eigenvalue weighted by molar-refractivity contribution is 9.10. The molecule has 1 aromatic carbocycles. The van der Waals surface area contributed by atoms with Crippen LogP contribution in [0.1, 0.15) is 0 Å². The van der Waals surface area contributed by atoms with Crippen LogP contribution in [0.4, 0.5) is 5.69 Å². The van der Waals surface area contributed by atoms with E-state index in [4.69, 9.17) is 0 Å². The molecule has 0 aliphatic rings. The van der Waals surface area contributed by atoms with Gasteiger partial charge in [-0.15, -0.1) is 0 Å². The highest BCUT2D eigenvalue weighted by atomic mass is 79.9. The zero-order valence-corrected chi connectivity index (χ0v) is 9.72. The van der Waals surface area contributed by atoms with Crippen molar-refractivity contribution >= 4 is 21.6 Å². The summed E-state index contributed by atoms with van der Waals surface area (Å²) < 4.78 is 0.656. The molecule has 5 heteroatoms. The van der Waals surface area contributed by atoms with Gasteiger partial charge in [-0.1, -0.05) is 12.1 Å². The van der Waals surface area contributed by atoms with E-state index in [1.807, 2.05) is 0 Å². The van der Waals surface area contributed by atoms with Crippen LogP contribution in [-0.4, -0.2) is 9.91 Å². The summed E-state index contributed by atoms with van der Waals surface area (Å²) in [4.78, 5) is 14.5. The first-order valence-electron chi connectivity index (χ1n) is 4.54. The van der Waals surface area contributed by atoms with Gasteiger partial charge >= 0.3 is 0 Å². The molecule has 16 heavy (non-hydrogen) atoms. The Kier molecular flexibility index (Phi) is 2.96. The highest BCUT2D eigenvalue weighted by Gasteiger charge is 2.13. The number of benzene rings is 1. The van der Waals surface area contributed by atoms with Crippen molar-refractivity contribution in [3.05, 3.63) is 57.3 Å². The molecule has 0 spiro atoms. The van der Waals surface area contributed by atoms with Crippen LogP contribution in [-0.2, 0) is 0 Å². The number of nitrogens with zero attached hydrogens (tertiary/aromatic N) is 2. The maximum absolute atomic E-state index is 10.9. The van der Waals surface area contributed by atoms with Gasteiger partial charge in [-0.25, -0.2) is 4.98 Å². The van der Waals surface area contributed by atoms with Crippen molar-refractivity contribution in [3.63, 3.8) is 0 Å². The molecule has 80 valence electrons. The minimum Gasteiger partial charge on any atom is -0.258 e. The van der Waals surface area contributed by atoms with Gasteiger partial charge in [0, 0.05) is 12.3 Å². The Morgan fingerprint density at radius 3 is 2.69 bits per heavy atom. The van der Waals surface area contributed by atoms with E-state index in [1.54, 1.807) is 36.5 Å². The largest absolute Gasteiger partial charge is 0.277 e. The fourth-order valence-electron chi connectivity index (χ4n) is 1.45. The van der Waals surface area contributed by atoms with E-state index in [0.29, 0.717) is 10.2 Å². The van der Waals surface area contributed by atoms with Gasteiger partial charge in [-0.05, 0) is 39.7 Å². The molecule has 4 nitrogen and oxygen atoms in total. The second kappa shape index (κ2) is 4.40. The second-order valence-electron chi connectivity index (χ2n) is 3.14. The van der Waals surface area contributed by atoms with Gasteiger partial charge in [0.1, 0.15) is 4.60 Å². The third-order valence-electron chi connectivity index (χ3n) is 2.14. The summed E-state index contributed by atoms with van der Waals surface area (Å²) in [5.74, 6) is 0. The lowest BCUT2D eigenvalue weighted by Gasteiger charge is -2.02. The molecule has 0 amide bonds. The average Bonchev–Trinajstić information content (AvgIpc) is 2.29. The summed E-state index contributed by atoms with van der Waals surface area (Å²) >= 11 is 3.24. The topological polar surface area (TPSA) is 56.0 Å². The summed E-state index contributed by atoms with van der Waals surface area (Å²) in [6, 6.07) is 10.1. The minimum atomic E-state index is -0.385. The lowest BCUT2D eigenvalue weighted by atomic mass is 10.1. The van der Waals surface area contributed by atoms with Crippen LogP contribution in [0.3, 0.4) is 0 Å². The molecule has 0 N–H and O–H groups in total. The van der Waals surface area contributed by atoms with Crippen molar-refractivity contribution in [1.82, 2.24) is 4.98 Å². The van der Waals surface area contributed by atoms with Crippen LogP contribution in [0.5, 0.6) is 0 Å². The number of halogens is 1. The van der Waals surface area contributed by atoms with Gasteiger partial charge in [0.25, 0.3) is 5.69 Å². The lowest BCUT2D eigenvalue weighted by Crippen LogP contribution is -1.91. The molecule has 0 atom stereocenters. The summed E-state index contributed by atoms with van der Waals surface area (Å²) in [6.45, 7) is 0. The molecule has 0 saturated heterocycles. The summed E-state index contributed by atoms with van der Waals surface area (Å²) in [5, 5.41) is 10.9. The van der Waals surface area contributed by atoms with Crippen LogP contribution >= 0.6 is 15.9 Å². The maximum Gasteiger partial charge on any atom is 0.277 e. The third-order valence-corrected chi connectivity index (χ3v) is 2.57. The zero-order chi connectivity index (χ0) is 11.5. The predicted octanol–water partition coefficient (Wildman–Crippen LogP) is 3.42. The van der Waals surface area contributed by atoms with E-state index in [9.17, 15) is 10.1 Å². The van der Waals surface area contributed by atoms with E-state index >= 15 is 0 Å². The average molecular weight is 279 g/mol. The number of rotatable bonds is 2. The molecule has 0 aliphatic heterocycles. The number of hydrogen-bond acceptors (Lipinski definition) is 3. The number of pyridine rings is 1. The van der Waals surface area contributed by atoms with Crippen LogP contribution in [0.25, 0.3) is 11.1 Å². The van der Waals surface area contributed by atoms with Crippen molar-refractivity contribution in [2.75, 3.05) is 0 Å². The van der Waals surface area contributed by atoms with E-state index in [1.165, 1.54) is 6.07 Å². The molecule has 0 unspecified atom stereocenters. The second-order valence-corrected chi connectivity index (χ2v) is 3.95. The number of hydrogen-bond donors (Lipinski definition) is 0. The Morgan fingerprint density at radius 1 is 1.25 bits per heavy atom. The Labute approximate surface area is 100 Å². The van der Waals surface area contributed by atoms with E-state index in [0.717, 1.165) is 5.56 Å². The van der Waals surface area contributed by atoms with Crippen molar-refractivity contribution < 1.29 is 4.92 Å². The Hall–Kier alpha value is -1.75. The van der Waals surface area contributed by atoms with Crippen molar-refractivity contribution in [2.24, 2.45) is 0 Å². The number of nitro benzene ring substituents is 1. The smallest absolute Gasteiger partial charge is 0.258 e. The number of para-hydroxylation sites is 1. The van der Waals surface area contributed by atoms with Crippen LogP contribution in [0.15, 0.2) is 47.2 Å². The first-order valence-corrected chi connectivity index (χ1v) is 5.33. The van der Waals surface area contributed by atoms with Gasteiger partial charge in [-0.2, -0.15) is 0 Å². The summed E-state index contributed by atoms with van der Waals surface area (Å²) in [5.41, 5.74) is 1.46. The van der Waals surface area contributed by atoms with E-state index < -0.39 is 0 Å². The van der Waals surface area contributed by atoms with Gasteiger partial charge < -0.3 is 0 Å². The molecular weight excluding hydrogens is 272 g/mol. The normalized spacial score (nSPS) is 10.1. The van der Waals surface area contributed by atoms with Crippen LogP contribution in [0.2, 0.25) is 0 Å². The number of aromatic nitrogens is 1. The molecule has 0 bridgehead atoms. The summed E-state index contributed by atoms with van der Waals surface area (Å²) in [7, 11) is 0. The monoisotopic (exact) mass is 278 g/mol. The SMILES string of the molecule is O=[N+]([O-])c1ccccc1-c1ccnc(Br)c1. The lowest BCUT2D eigenvalue weighted by molar-refractivity contribution is -0.384. The van der Waals surface area contributed by atoms with Crippen molar-refractivity contribution in [3.8, 4) is 11.1 Å². The zero-order valence-electron chi connectivity index (χ0n) is 8.13. The quantitative estimate of drug-likeness (QED) is 0.481. The van der Waals surface area contributed by atoms with Gasteiger partial charge in [-0.3, -0.25) is 10.1 Å².